The second kappa shape index (κ2) is 5.55. The molecule has 1 heterocycles. The fourth-order valence-corrected chi connectivity index (χ4v) is 0.819. The number of halogens is 1. The van der Waals surface area contributed by atoms with Gasteiger partial charge in [0.25, 0.3) is 0 Å². The van der Waals surface area contributed by atoms with Crippen LogP contribution >= 0.6 is 12.4 Å². The molecule has 1 fully saturated rings. The quantitative estimate of drug-likeness (QED) is 0.520. The number of morpholine rings is 1. The summed E-state index contributed by atoms with van der Waals surface area (Å²) in [5.74, 6) is 5.77. The summed E-state index contributed by atoms with van der Waals surface area (Å²) in [4.78, 5) is 0. The lowest BCUT2D eigenvalue weighted by Gasteiger charge is -2.18. The summed E-state index contributed by atoms with van der Waals surface area (Å²) in [7, 11) is 0. The van der Waals surface area contributed by atoms with Crippen LogP contribution in [0.2, 0.25) is 0 Å². The largest absolute Gasteiger partial charge is 0.363 e. The minimum absolute atomic E-state index is 0. The van der Waals surface area contributed by atoms with Crippen LogP contribution in [0.1, 0.15) is 6.92 Å². The topological polar surface area (TPSA) is 21.3 Å². The van der Waals surface area contributed by atoms with E-state index in [4.69, 9.17) is 4.74 Å². The molecule has 0 spiro atoms. The Morgan fingerprint density at radius 3 is 2.90 bits per heavy atom. The summed E-state index contributed by atoms with van der Waals surface area (Å²) < 4.78 is 5.28. The molecule has 0 aliphatic carbocycles. The van der Waals surface area contributed by atoms with E-state index in [-0.39, 0.29) is 18.5 Å². The van der Waals surface area contributed by atoms with Gasteiger partial charge < -0.3 is 10.1 Å². The van der Waals surface area contributed by atoms with Gasteiger partial charge in [-0.3, -0.25) is 0 Å². The average molecular weight is 162 g/mol. The maximum atomic E-state index is 5.28. The summed E-state index contributed by atoms with van der Waals surface area (Å²) >= 11 is 0. The standard InChI is InChI=1S/C7H11NO.ClH/c1-2-3-7-6-8-4-5-9-7;/h7-8H,4-6H2,1H3;1H. The van der Waals surface area contributed by atoms with Crippen molar-refractivity contribution in [2.75, 3.05) is 19.7 Å². The summed E-state index contributed by atoms with van der Waals surface area (Å²) in [5, 5.41) is 3.19. The molecule has 0 radical (unpaired) electrons. The van der Waals surface area contributed by atoms with E-state index in [1.807, 2.05) is 6.92 Å². The molecule has 1 atom stereocenters. The fourth-order valence-electron chi connectivity index (χ4n) is 0.819. The molecule has 0 amide bonds. The normalized spacial score (nSPS) is 23.9. The maximum Gasteiger partial charge on any atom is 0.130 e. The highest BCUT2D eigenvalue weighted by molar-refractivity contribution is 5.85. The van der Waals surface area contributed by atoms with Crippen LogP contribution in [-0.2, 0) is 4.74 Å². The number of hydrogen-bond donors (Lipinski definition) is 1. The van der Waals surface area contributed by atoms with Gasteiger partial charge in [0.1, 0.15) is 6.10 Å². The van der Waals surface area contributed by atoms with Crippen LogP contribution in [0.25, 0.3) is 0 Å². The lowest BCUT2D eigenvalue weighted by Crippen LogP contribution is -2.37. The fraction of sp³-hybridized carbons (Fsp3) is 0.714. The number of nitrogens with one attached hydrogen (secondary N) is 1. The lowest BCUT2D eigenvalue weighted by atomic mass is 10.3. The Morgan fingerprint density at radius 2 is 2.40 bits per heavy atom. The Labute approximate surface area is 67.7 Å². The number of ether oxygens (including phenoxy) is 1. The first kappa shape index (κ1) is 9.77. The molecule has 1 aliphatic rings. The third-order valence-corrected chi connectivity index (χ3v) is 1.23. The van der Waals surface area contributed by atoms with Crippen molar-refractivity contribution in [2.24, 2.45) is 0 Å². The van der Waals surface area contributed by atoms with E-state index in [0.29, 0.717) is 0 Å². The Balaban J connectivity index is 0.000000810. The number of rotatable bonds is 0. The average Bonchev–Trinajstić information content (AvgIpc) is 1.91. The van der Waals surface area contributed by atoms with Gasteiger partial charge >= 0.3 is 0 Å². The van der Waals surface area contributed by atoms with E-state index < -0.39 is 0 Å². The second-order valence-corrected chi connectivity index (χ2v) is 1.96. The first-order valence-corrected chi connectivity index (χ1v) is 3.18. The molecule has 0 aromatic carbocycles. The third kappa shape index (κ3) is 3.07. The molecule has 1 rings (SSSR count). The smallest absolute Gasteiger partial charge is 0.130 e. The molecule has 0 aromatic rings. The molecule has 1 saturated heterocycles. The molecule has 0 aromatic heterocycles. The molecule has 58 valence electrons. The Hall–Kier alpha value is -0.230. The predicted octanol–water partition coefficient (Wildman–Crippen LogP) is 0.420. The molecule has 3 heteroatoms. The van der Waals surface area contributed by atoms with Crippen molar-refractivity contribution < 1.29 is 4.74 Å². The van der Waals surface area contributed by atoms with Crippen LogP contribution in [0.3, 0.4) is 0 Å². The molecule has 1 N–H and O–H groups in total. The van der Waals surface area contributed by atoms with E-state index in [1.165, 1.54) is 0 Å². The Morgan fingerprint density at radius 1 is 1.60 bits per heavy atom. The molecule has 0 saturated carbocycles. The lowest BCUT2D eigenvalue weighted by molar-refractivity contribution is 0.0651. The molecular formula is C7H12ClNO. The van der Waals surface area contributed by atoms with Gasteiger partial charge in [-0.2, -0.15) is 0 Å². The maximum absolute atomic E-state index is 5.28. The van der Waals surface area contributed by atoms with Crippen LogP contribution in [-0.4, -0.2) is 25.8 Å². The van der Waals surface area contributed by atoms with Crippen molar-refractivity contribution in [3.8, 4) is 11.8 Å². The first-order valence-electron chi connectivity index (χ1n) is 3.18. The van der Waals surface area contributed by atoms with Crippen molar-refractivity contribution >= 4 is 12.4 Å². The van der Waals surface area contributed by atoms with Crippen LogP contribution in [0, 0.1) is 11.8 Å². The zero-order valence-electron chi connectivity index (χ0n) is 6.02. The van der Waals surface area contributed by atoms with Crippen molar-refractivity contribution in [3.05, 3.63) is 0 Å². The van der Waals surface area contributed by atoms with Crippen LogP contribution in [0.15, 0.2) is 0 Å². The van der Waals surface area contributed by atoms with Gasteiger partial charge in [-0.1, -0.05) is 5.92 Å². The van der Waals surface area contributed by atoms with Gasteiger partial charge in [-0.15, -0.1) is 18.3 Å². The van der Waals surface area contributed by atoms with E-state index in [1.54, 1.807) is 0 Å². The predicted molar refractivity (Wildman–Crippen MR) is 43.3 cm³/mol. The van der Waals surface area contributed by atoms with E-state index >= 15 is 0 Å². The van der Waals surface area contributed by atoms with Crippen LogP contribution < -0.4 is 5.32 Å². The highest BCUT2D eigenvalue weighted by atomic mass is 35.5. The van der Waals surface area contributed by atoms with Crippen molar-refractivity contribution in [1.82, 2.24) is 5.32 Å². The van der Waals surface area contributed by atoms with Gasteiger partial charge in [0.05, 0.1) is 6.61 Å². The minimum Gasteiger partial charge on any atom is -0.363 e. The summed E-state index contributed by atoms with van der Waals surface area (Å²) in [5.41, 5.74) is 0. The van der Waals surface area contributed by atoms with Gasteiger partial charge in [0.2, 0.25) is 0 Å². The van der Waals surface area contributed by atoms with Crippen LogP contribution in [0.5, 0.6) is 0 Å². The zero-order valence-corrected chi connectivity index (χ0v) is 6.83. The van der Waals surface area contributed by atoms with Gasteiger partial charge in [0.15, 0.2) is 0 Å². The highest BCUT2D eigenvalue weighted by Crippen LogP contribution is 1.92. The van der Waals surface area contributed by atoms with Gasteiger partial charge in [0, 0.05) is 13.1 Å². The Kier molecular flexibility index (Phi) is 5.42. The zero-order chi connectivity index (χ0) is 6.53. The van der Waals surface area contributed by atoms with Gasteiger partial charge in [-0.05, 0) is 6.92 Å². The SMILES string of the molecule is CC#CC1CNCCO1.Cl. The van der Waals surface area contributed by atoms with Crippen molar-refractivity contribution in [3.63, 3.8) is 0 Å². The molecule has 2 nitrogen and oxygen atoms in total. The molecule has 10 heavy (non-hydrogen) atoms. The van der Waals surface area contributed by atoms with E-state index in [0.717, 1.165) is 19.7 Å². The second-order valence-electron chi connectivity index (χ2n) is 1.96. The Bertz CT molecular complexity index is 132. The molecule has 1 unspecified atom stereocenters. The third-order valence-electron chi connectivity index (χ3n) is 1.23. The summed E-state index contributed by atoms with van der Waals surface area (Å²) in [6, 6.07) is 0. The minimum atomic E-state index is 0. The monoisotopic (exact) mass is 161 g/mol. The number of hydrogen-bond acceptors (Lipinski definition) is 2. The van der Waals surface area contributed by atoms with E-state index in [2.05, 4.69) is 17.2 Å². The van der Waals surface area contributed by atoms with Gasteiger partial charge in [-0.25, -0.2) is 0 Å². The summed E-state index contributed by atoms with van der Waals surface area (Å²) in [6.07, 6.45) is 0.128. The molecule has 1 aliphatic heterocycles. The van der Waals surface area contributed by atoms with Crippen molar-refractivity contribution in [2.45, 2.75) is 13.0 Å². The first-order chi connectivity index (χ1) is 4.43. The van der Waals surface area contributed by atoms with E-state index in [9.17, 15) is 0 Å². The molecule has 0 bridgehead atoms. The highest BCUT2D eigenvalue weighted by Gasteiger charge is 2.08. The molecular weight excluding hydrogens is 150 g/mol. The van der Waals surface area contributed by atoms with Crippen molar-refractivity contribution in [1.29, 1.82) is 0 Å². The summed E-state index contributed by atoms with van der Waals surface area (Å²) in [6.45, 7) is 4.46. The van der Waals surface area contributed by atoms with Crippen LogP contribution in [0.4, 0.5) is 0 Å².